The molecule has 1 saturated heterocycles. The smallest absolute Gasteiger partial charge is 0.243 e. The molecule has 156 valence electrons. The van der Waals surface area contributed by atoms with Crippen LogP contribution in [0.15, 0.2) is 42.5 Å². The minimum Gasteiger partial charge on any atom is -0.368 e. The average Bonchev–Trinajstić information content (AvgIpc) is 3.16. The minimum atomic E-state index is -0.815. The van der Waals surface area contributed by atoms with Crippen LogP contribution < -0.4 is 11.1 Å². The fourth-order valence-electron chi connectivity index (χ4n) is 3.73. The average molecular weight is 418 g/mol. The molecule has 0 radical (unpaired) electrons. The minimum absolute atomic E-state index is 0. The van der Waals surface area contributed by atoms with Crippen LogP contribution in [0.4, 0.5) is 0 Å². The highest BCUT2D eigenvalue weighted by Crippen LogP contribution is 2.21. The zero-order valence-electron chi connectivity index (χ0n) is 16.8. The van der Waals surface area contributed by atoms with Crippen LogP contribution in [0.5, 0.6) is 0 Å². The number of amides is 3. The van der Waals surface area contributed by atoms with Crippen LogP contribution in [0, 0.1) is 5.92 Å². The Kier molecular flexibility index (Phi) is 7.62. The Balaban J connectivity index is 0.00000300. The summed E-state index contributed by atoms with van der Waals surface area (Å²) in [5.74, 6) is -1.10. The van der Waals surface area contributed by atoms with Gasteiger partial charge in [-0.2, -0.15) is 0 Å². The maximum Gasteiger partial charge on any atom is 0.243 e. The number of likely N-dealkylation sites (tertiary alicyclic amines) is 1. The SMILES string of the molecule is CC(C)C(=O)N1CCC[C@H]1C(=O)NC(Cc1ccc2ccccc2c1)C(N)=O.Cl. The van der Waals surface area contributed by atoms with Gasteiger partial charge in [0.25, 0.3) is 0 Å². The van der Waals surface area contributed by atoms with Gasteiger partial charge in [-0.3, -0.25) is 14.4 Å². The van der Waals surface area contributed by atoms with Crippen molar-refractivity contribution in [1.82, 2.24) is 10.2 Å². The van der Waals surface area contributed by atoms with E-state index in [4.69, 9.17) is 5.73 Å². The van der Waals surface area contributed by atoms with E-state index >= 15 is 0 Å². The molecule has 1 unspecified atom stereocenters. The molecule has 0 spiro atoms. The van der Waals surface area contributed by atoms with E-state index in [9.17, 15) is 14.4 Å². The van der Waals surface area contributed by atoms with Crippen LogP contribution in [0.2, 0.25) is 0 Å². The van der Waals surface area contributed by atoms with Crippen molar-refractivity contribution in [3.63, 3.8) is 0 Å². The van der Waals surface area contributed by atoms with Gasteiger partial charge in [0.2, 0.25) is 17.7 Å². The Morgan fingerprint density at radius 2 is 1.83 bits per heavy atom. The van der Waals surface area contributed by atoms with Gasteiger partial charge in [-0.1, -0.05) is 56.3 Å². The third kappa shape index (κ3) is 5.26. The van der Waals surface area contributed by atoms with Gasteiger partial charge >= 0.3 is 0 Å². The number of carbonyl (C=O) groups excluding carboxylic acids is 3. The van der Waals surface area contributed by atoms with Crippen molar-refractivity contribution in [2.75, 3.05) is 6.54 Å². The number of halogens is 1. The van der Waals surface area contributed by atoms with Crippen molar-refractivity contribution in [3.05, 3.63) is 48.0 Å². The summed E-state index contributed by atoms with van der Waals surface area (Å²) in [5, 5.41) is 4.95. The Morgan fingerprint density at radius 1 is 1.14 bits per heavy atom. The molecule has 0 aliphatic carbocycles. The van der Waals surface area contributed by atoms with E-state index in [0.29, 0.717) is 19.4 Å². The second-order valence-corrected chi connectivity index (χ2v) is 7.69. The zero-order valence-corrected chi connectivity index (χ0v) is 17.6. The predicted molar refractivity (Wildman–Crippen MR) is 116 cm³/mol. The summed E-state index contributed by atoms with van der Waals surface area (Å²) >= 11 is 0. The van der Waals surface area contributed by atoms with E-state index in [1.54, 1.807) is 4.90 Å². The van der Waals surface area contributed by atoms with Crippen molar-refractivity contribution in [2.24, 2.45) is 11.7 Å². The number of benzene rings is 2. The van der Waals surface area contributed by atoms with Crippen molar-refractivity contribution in [1.29, 1.82) is 0 Å². The Labute approximate surface area is 177 Å². The van der Waals surface area contributed by atoms with Crippen LogP contribution >= 0.6 is 12.4 Å². The van der Waals surface area contributed by atoms with Gasteiger partial charge in [-0.05, 0) is 29.2 Å². The number of primary amides is 1. The maximum atomic E-state index is 12.8. The molecule has 2 atom stereocenters. The summed E-state index contributed by atoms with van der Waals surface area (Å²) in [4.78, 5) is 38.7. The molecule has 2 aromatic rings. The maximum absolute atomic E-state index is 12.8. The van der Waals surface area contributed by atoms with Gasteiger partial charge in [0, 0.05) is 18.9 Å². The molecule has 3 N–H and O–H groups in total. The number of rotatable bonds is 6. The van der Waals surface area contributed by atoms with Crippen molar-refractivity contribution < 1.29 is 14.4 Å². The third-order valence-corrected chi connectivity index (χ3v) is 5.25. The molecule has 1 aliphatic rings. The molecule has 6 nitrogen and oxygen atoms in total. The Bertz CT molecular complexity index is 900. The highest BCUT2D eigenvalue weighted by molar-refractivity contribution is 5.92. The van der Waals surface area contributed by atoms with Crippen LogP contribution in [0.1, 0.15) is 32.3 Å². The molecule has 1 heterocycles. The van der Waals surface area contributed by atoms with Crippen LogP contribution in [-0.2, 0) is 20.8 Å². The van der Waals surface area contributed by atoms with Gasteiger partial charge in [0.05, 0.1) is 0 Å². The largest absolute Gasteiger partial charge is 0.368 e. The van der Waals surface area contributed by atoms with Crippen LogP contribution in [0.3, 0.4) is 0 Å². The zero-order chi connectivity index (χ0) is 20.3. The van der Waals surface area contributed by atoms with Gasteiger partial charge in [0.15, 0.2) is 0 Å². The van der Waals surface area contributed by atoms with E-state index in [1.165, 1.54) is 0 Å². The molecular formula is C22H28ClN3O3. The number of hydrogen-bond donors (Lipinski definition) is 2. The molecule has 0 bridgehead atoms. The van der Waals surface area contributed by atoms with Gasteiger partial charge in [-0.25, -0.2) is 0 Å². The van der Waals surface area contributed by atoms with E-state index in [1.807, 2.05) is 56.3 Å². The summed E-state index contributed by atoms with van der Waals surface area (Å²) in [5.41, 5.74) is 6.47. The molecule has 7 heteroatoms. The summed E-state index contributed by atoms with van der Waals surface area (Å²) in [6, 6.07) is 12.5. The highest BCUT2D eigenvalue weighted by Gasteiger charge is 2.36. The molecule has 2 aromatic carbocycles. The molecular weight excluding hydrogens is 390 g/mol. The Morgan fingerprint density at radius 3 is 2.48 bits per heavy atom. The lowest BCUT2D eigenvalue weighted by Crippen LogP contribution is -2.53. The first-order valence-electron chi connectivity index (χ1n) is 9.74. The summed E-state index contributed by atoms with van der Waals surface area (Å²) < 4.78 is 0. The highest BCUT2D eigenvalue weighted by atomic mass is 35.5. The van der Waals surface area contributed by atoms with Crippen molar-refractivity contribution in [2.45, 2.75) is 45.2 Å². The topological polar surface area (TPSA) is 92.5 Å². The van der Waals surface area contributed by atoms with Crippen LogP contribution in [-0.4, -0.2) is 41.2 Å². The van der Waals surface area contributed by atoms with E-state index in [2.05, 4.69) is 5.32 Å². The van der Waals surface area contributed by atoms with Gasteiger partial charge in [0.1, 0.15) is 12.1 Å². The molecule has 0 aromatic heterocycles. The number of carbonyl (C=O) groups is 3. The number of nitrogens with two attached hydrogens (primary N) is 1. The van der Waals surface area contributed by atoms with Gasteiger partial charge in [-0.15, -0.1) is 12.4 Å². The second-order valence-electron chi connectivity index (χ2n) is 7.69. The molecule has 1 fully saturated rings. The number of nitrogens with one attached hydrogen (secondary N) is 1. The summed E-state index contributed by atoms with van der Waals surface area (Å²) in [6.07, 6.45) is 1.70. The fourth-order valence-corrected chi connectivity index (χ4v) is 3.73. The number of fused-ring (bicyclic) bond motifs is 1. The summed E-state index contributed by atoms with van der Waals surface area (Å²) in [7, 11) is 0. The standard InChI is InChI=1S/C22H27N3O3.ClH/c1-14(2)22(28)25-11-5-8-19(25)21(27)24-18(20(23)26)13-15-9-10-16-6-3-4-7-17(16)12-15;/h3-4,6-7,9-10,12,14,18-19H,5,8,11,13H2,1-2H3,(H2,23,26)(H,24,27);1H/t18?,19-;/m0./s1. The first-order valence-corrected chi connectivity index (χ1v) is 9.74. The quantitative estimate of drug-likeness (QED) is 0.755. The fraction of sp³-hybridized carbons (Fsp3) is 0.409. The van der Waals surface area contributed by atoms with Crippen molar-refractivity contribution in [3.8, 4) is 0 Å². The monoisotopic (exact) mass is 417 g/mol. The third-order valence-electron chi connectivity index (χ3n) is 5.25. The number of hydrogen-bond acceptors (Lipinski definition) is 3. The van der Waals surface area contributed by atoms with E-state index in [-0.39, 0.29) is 30.1 Å². The lowest BCUT2D eigenvalue weighted by Gasteiger charge is -2.27. The first kappa shape index (κ1) is 22.7. The second kappa shape index (κ2) is 9.74. The lowest BCUT2D eigenvalue weighted by atomic mass is 10.0. The molecule has 0 saturated carbocycles. The molecule has 1 aliphatic heterocycles. The number of nitrogens with zero attached hydrogens (tertiary/aromatic N) is 1. The van der Waals surface area contributed by atoms with Crippen molar-refractivity contribution >= 4 is 40.9 Å². The molecule has 29 heavy (non-hydrogen) atoms. The Hall–Kier alpha value is -2.60. The van der Waals surface area contributed by atoms with E-state index < -0.39 is 18.0 Å². The van der Waals surface area contributed by atoms with Crippen LogP contribution in [0.25, 0.3) is 10.8 Å². The lowest BCUT2D eigenvalue weighted by molar-refractivity contribution is -0.141. The molecule has 3 amide bonds. The summed E-state index contributed by atoms with van der Waals surface area (Å²) in [6.45, 7) is 4.21. The normalized spacial score (nSPS) is 17.1. The molecule has 3 rings (SSSR count). The van der Waals surface area contributed by atoms with E-state index in [0.717, 1.165) is 22.8 Å². The predicted octanol–water partition coefficient (Wildman–Crippen LogP) is 2.42. The first-order chi connectivity index (χ1) is 13.4. The van der Waals surface area contributed by atoms with Gasteiger partial charge < -0.3 is 16.0 Å².